The van der Waals surface area contributed by atoms with Crippen molar-refractivity contribution in [3.8, 4) is 16.9 Å². The Balaban J connectivity index is 1.47. The van der Waals surface area contributed by atoms with Crippen LogP contribution in [0, 0.1) is 29.5 Å². The molecular weight excluding hydrogens is 557 g/mol. The first-order chi connectivity index (χ1) is 19.9. The molecule has 1 aromatic heterocycles. The number of pyridine rings is 1. The summed E-state index contributed by atoms with van der Waals surface area (Å²) in [4.78, 5) is 31.0. The summed E-state index contributed by atoms with van der Waals surface area (Å²) in [6.45, 7) is 3.84. The minimum absolute atomic E-state index is 0.118. The lowest BCUT2D eigenvalue weighted by Gasteiger charge is -2.30. The van der Waals surface area contributed by atoms with Crippen LogP contribution < -0.4 is 15.4 Å². The Morgan fingerprint density at radius 3 is 2.40 bits per heavy atom. The molecular formula is C31H28F5N3O3. The lowest BCUT2D eigenvalue weighted by atomic mass is 9.83. The van der Waals surface area contributed by atoms with Gasteiger partial charge >= 0.3 is 6.18 Å². The van der Waals surface area contributed by atoms with Crippen molar-refractivity contribution in [1.29, 1.82) is 0 Å². The number of hydrogen-bond donors (Lipinski definition) is 2. The van der Waals surface area contributed by atoms with E-state index in [-0.39, 0.29) is 34.4 Å². The normalized spacial score (nSPS) is 21.3. The summed E-state index contributed by atoms with van der Waals surface area (Å²) >= 11 is 0. The molecule has 42 heavy (non-hydrogen) atoms. The highest BCUT2D eigenvalue weighted by Crippen LogP contribution is 2.54. The monoisotopic (exact) mass is 585 g/mol. The molecule has 2 aliphatic carbocycles. The van der Waals surface area contributed by atoms with Crippen molar-refractivity contribution >= 4 is 17.5 Å². The number of halogens is 5. The predicted octanol–water partition coefficient (Wildman–Crippen LogP) is 6.78. The van der Waals surface area contributed by atoms with E-state index in [4.69, 9.17) is 4.74 Å². The quantitative estimate of drug-likeness (QED) is 0.190. The third-order valence-electron chi connectivity index (χ3n) is 8.07. The zero-order valence-electron chi connectivity index (χ0n) is 23.0. The van der Waals surface area contributed by atoms with E-state index in [9.17, 15) is 31.5 Å². The Kier molecular flexibility index (Phi) is 7.78. The molecule has 0 aliphatic heterocycles. The van der Waals surface area contributed by atoms with E-state index in [2.05, 4.69) is 15.6 Å². The van der Waals surface area contributed by atoms with Crippen LogP contribution >= 0.6 is 0 Å². The van der Waals surface area contributed by atoms with Gasteiger partial charge in [-0.25, -0.2) is 9.37 Å². The number of rotatable bonds is 6. The van der Waals surface area contributed by atoms with Crippen LogP contribution in [0.1, 0.15) is 42.6 Å². The lowest BCUT2D eigenvalue weighted by molar-refractivity contribution is -0.140. The van der Waals surface area contributed by atoms with Crippen LogP contribution in [0.2, 0.25) is 0 Å². The van der Waals surface area contributed by atoms with Crippen LogP contribution in [0.5, 0.6) is 5.75 Å². The van der Waals surface area contributed by atoms with E-state index in [0.29, 0.717) is 30.5 Å². The molecule has 1 heterocycles. The van der Waals surface area contributed by atoms with Gasteiger partial charge in [0.1, 0.15) is 11.6 Å². The maximum atomic E-state index is 14.4. The molecule has 6 nitrogen and oxygen atoms in total. The van der Waals surface area contributed by atoms with Gasteiger partial charge < -0.3 is 15.4 Å². The number of alkyl halides is 3. The lowest BCUT2D eigenvalue weighted by Crippen LogP contribution is -2.48. The summed E-state index contributed by atoms with van der Waals surface area (Å²) in [5, 5.41) is 5.50. The number of allylic oxidation sites excluding steroid dienone is 1. The van der Waals surface area contributed by atoms with Crippen molar-refractivity contribution in [2.24, 2.45) is 17.8 Å². The summed E-state index contributed by atoms with van der Waals surface area (Å²) in [6.07, 6.45) is -2.24. The summed E-state index contributed by atoms with van der Waals surface area (Å²) in [6, 6.07) is 9.33. The molecule has 2 bridgehead atoms. The summed E-state index contributed by atoms with van der Waals surface area (Å²) < 4.78 is 73.4. The SMILES string of the molecule is COc1ccc(-c2cccnc2F)cc1C(=O)N[C@@H]1C2CCC(C2=C(C)C)[C@@H]1C(=O)Nc1ccc(F)c(C(F)(F)F)c1. The minimum Gasteiger partial charge on any atom is -0.496 e. The number of carbonyl (C=O) groups excluding carboxylic acids is 2. The van der Waals surface area contributed by atoms with E-state index >= 15 is 0 Å². The highest BCUT2D eigenvalue weighted by Gasteiger charge is 2.55. The molecule has 11 heteroatoms. The number of fused-ring (bicyclic) bond motifs is 2. The van der Waals surface area contributed by atoms with Gasteiger partial charge in [0, 0.05) is 29.4 Å². The van der Waals surface area contributed by atoms with Gasteiger partial charge in [0.15, 0.2) is 0 Å². The van der Waals surface area contributed by atoms with Crippen molar-refractivity contribution in [1.82, 2.24) is 10.3 Å². The minimum atomic E-state index is -4.94. The molecule has 2 aliphatic rings. The molecule has 2 fully saturated rings. The van der Waals surface area contributed by atoms with Crippen molar-refractivity contribution in [3.05, 3.63) is 88.8 Å². The summed E-state index contributed by atoms with van der Waals surface area (Å²) in [5.74, 6) is -4.23. The van der Waals surface area contributed by atoms with Crippen LogP contribution in [-0.4, -0.2) is 29.9 Å². The number of carbonyl (C=O) groups is 2. The zero-order chi connectivity index (χ0) is 30.3. The average Bonchev–Trinajstić information content (AvgIpc) is 3.50. The van der Waals surface area contributed by atoms with Crippen LogP contribution in [0.4, 0.5) is 27.6 Å². The standard InChI is InChI=1S/C31H28F5N3O3/c1-15(2)25-19-8-9-20(25)27(26(19)30(41)38-17-7-10-23(32)22(14-17)31(34,35)36)39-29(40)21-13-16(6-11-24(21)42-3)18-5-4-12-37-28(18)33/h4-7,10-14,19-20,26-27H,8-9H2,1-3H3,(H,38,41)(H,39,40)/t19?,20?,26-,27+/m0/s1. The van der Waals surface area contributed by atoms with Crippen LogP contribution in [0.25, 0.3) is 11.1 Å². The molecule has 0 saturated heterocycles. The van der Waals surface area contributed by atoms with E-state index in [0.717, 1.165) is 17.2 Å². The largest absolute Gasteiger partial charge is 0.496 e. The van der Waals surface area contributed by atoms with Gasteiger partial charge in [-0.05, 0) is 80.6 Å². The second kappa shape index (κ2) is 11.2. The molecule has 2 unspecified atom stereocenters. The fourth-order valence-electron chi connectivity index (χ4n) is 6.40. The van der Waals surface area contributed by atoms with E-state index in [1.165, 1.54) is 31.5 Å². The average molecular weight is 586 g/mol. The Morgan fingerprint density at radius 1 is 1.00 bits per heavy atom. The third kappa shape index (κ3) is 5.35. The Bertz CT molecular complexity index is 1580. The van der Waals surface area contributed by atoms with Crippen molar-refractivity contribution in [3.63, 3.8) is 0 Å². The van der Waals surface area contributed by atoms with E-state index in [1.807, 2.05) is 13.8 Å². The van der Waals surface area contributed by atoms with Gasteiger partial charge in [0.05, 0.1) is 24.2 Å². The number of anilines is 1. The first-order valence-electron chi connectivity index (χ1n) is 13.3. The topological polar surface area (TPSA) is 80.3 Å². The highest BCUT2D eigenvalue weighted by molar-refractivity contribution is 6.00. The number of nitrogens with one attached hydrogen (secondary N) is 2. The molecule has 0 spiro atoms. The molecule has 0 radical (unpaired) electrons. The Labute approximate surface area is 239 Å². The van der Waals surface area contributed by atoms with Crippen molar-refractivity contribution in [2.45, 2.75) is 38.9 Å². The number of nitrogens with zero attached hydrogens (tertiary/aromatic N) is 1. The fourth-order valence-corrected chi connectivity index (χ4v) is 6.40. The molecule has 2 N–H and O–H groups in total. The van der Waals surface area contributed by atoms with E-state index in [1.54, 1.807) is 12.1 Å². The number of benzene rings is 2. The first kappa shape index (κ1) is 29.2. The second-order valence-corrected chi connectivity index (χ2v) is 10.7. The molecule has 2 aromatic carbocycles. The predicted molar refractivity (Wildman–Crippen MR) is 146 cm³/mol. The molecule has 220 valence electrons. The number of ether oxygens (including phenoxy) is 1. The summed E-state index contributed by atoms with van der Waals surface area (Å²) in [5.41, 5.74) is 1.06. The van der Waals surface area contributed by atoms with E-state index < -0.39 is 47.3 Å². The molecule has 5 rings (SSSR count). The van der Waals surface area contributed by atoms with Gasteiger partial charge in [-0.15, -0.1) is 0 Å². The molecule has 3 aromatic rings. The van der Waals surface area contributed by atoms with Crippen LogP contribution in [0.15, 0.2) is 65.9 Å². The van der Waals surface area contributed by atoms with Gasteiger partial charge in [-0.3, -0.25) is 9.59 Å². The second-order valence-electron chi connectivity index (χ2n) is 10.7. The maximum absolute atomic E-state index is 14.4. The van der Waals surface area contributed by atoms with Gasteiger partial charge in [-0.1, -0.05) is 17.2 Å². The van der Waals surface area contributed by atoms with Crippen molar-refractivity contribution < 1.29 is 36.3 Å². The smallest absolute Gasteiger partial charge is 0.419 e. The third-order valence-corrected chi connectivity index (χ3v) is 8.07. The van der Waals surface area contributed by atoms with Gasteiger partial charge in [-0.2, -0.15) is 17.6 Å². The van der Waals surface area contributed by atoms with Crippen molar-refractivity contribution in [2.75, 3.05) is 12.4 Å². The molecule has 2 saturated carbocycles. The first-order valence-corrected chi connectivity index (χ1v) is 13.3. The fraction of sp³-hybridized carbons (Fsp3) is 0.323. The van der Waals surface area contributed by atoms with Gasteiger partial charge in [0.25, 0.3) is 5.91 Å². The number of methoxy groups -OCH3 is 1. The zero-order valence-corrected chi connectivity index (χ0v) is 23.0. The van der Waals surface area contributed by atoms with Crippen LogP contribution in [0.3, 0.4) is 0 Å². The number of amides is 2. The molecule has 4 atom stereocenters. The Hall–Kier alpha value is -4.28. The number of aromatic nitrogens is 1. The van der Waals surface area contributed by atoms with Gasteiger partial charge in [0.2, 0.25) is 11.9 Å². The Morgan fingerprint density at radius 2 is 1.74 bits per heavy atom. The highest BCUT2D eigenvalue weighted by atomic mass is 19.4. The maximum Gasteiger partial charge on any atom is 0.419 e. The number of hydrogen-bond acceptors (Lipinski definition) is 4. The van der Waals surface area contributed by atoms with Crippen LogP contribution in [-0.2, 0) is 11.0 Å². The molecule has 2 amide bonds. The summed E-state index contributed by atoms with van der Waals surface area (Å²) in [7, 11) is 1.39.